The molecule has 3 aromatic rings. The van der Waals surface area contributed by atoms with E-state index < -0.39 is 0 Å². The van der Waals surface area contributed by atoms with Crippen LogP contribution in [0.3, 0.4) is 0 Å². The van der Waals surface area contributed by atoms with Crippen molar-refractivity contribution < 1.29 is 9.47 Å². The molecular formula is C26H23O3+. The van der Waals surface area contributed by atoms with Gasteiger partial charge in [-0.15, -0.1) is 0 Å². The first-order chi connectivity index (χ1) is 14.2. The van der Waals surface area contributed by atoms with Gasteiger partial charge in [0.2, 0.25) is 0 Å². The Kier molecular flexibility index (Phi) is 5.30. The Balaban J connectivity index is 1.96. The summed E-state index contributed by atoms with van der Waals surface area (Å²) < 4.78 is 16.1. The van der Waals surface area contributed by atoms with Crippen LogP contribution in [0.2, 0.25) is 0 Å². The molecule has 0 aliphatic heterocycles. The molecule has 0 fully saturated rings. The SMILES string of the molecule is COc1ccc(C(=C2C=Cc3ccc(=[O+]C)ccc32)c2ccc(OC)cc2)cc1. The first kappa shape index (κ1) is 18.8. The molecular weight excluding hydrogens is 360 g/mol. The van der Waals surface area contributed by atoms with E-state index in [0.29, 0.717) is 0 Å². The average Bonchev–Trinajstić information content (AvgIpc) is 3.05. The number of hydrogen-bond acceptors (Lipinski definition) is 2. The van der Waals surface area contributed by atoms with Gasteiger partial charge >= 0.3 is 5.43 Å². The van der Waals surface area contributed by atoms with E-state index in [4.69, 9.17) is 13.9 Å². The monoisotopic (exact) mass is 383 g/mol. The van der Waals surface area contributed by atoms with E-state index in [2.05, 4.69) is 48.6 Å². The molecule has 0 radical (unpaired) electrons. The van der Waals surface area contributed by atoms with Crippen molar-refractivity contribution in [1.82, 2.24) is 0 Å². The number of methoxy groups -OCH3 is 2. The second-order valence-corrected chi connectivity index (χ2v) is 6.72. The Labute approximate surface area is 170 Å². The Morgan fingerprint density at radius 2 is 1.21 bits per heavy atom. The molecule has 0 N–H and O–H groups in total. The standard InChI is InChI=1S/C26H23O3/c1-27-21-11-5-19(6-12-21)26(20-7-13-22(28-2)14-8-20)25-16-9-18-4-10-23(29-3)15-17-24(18)25/h4-17H,1-3H3/q+1. The number of ether oxygens (including phenoxy) is 2. The van der Waals surface area contributed by atoms with Crippen molar-refractivity contribution in [2.75, 3.05) is 21.3 Å². The van der Waals surface area contributed by atoms with Crippen LogP contribution in [-0.2, 0) is 0 Å². The summed E-state index contributed by atoms with van der Waals surface area (Å²) in [6.45, 7) is 0. The second kappa shape index (κ2) is 8.19. The summed E-state index contributed by atoms with van der Waals surface area (Å²) in [5.41, 5.74) is 7.77. The molecule has 0 spiro atoms. The summed E-state index contributed by atoms with van der Waals surface area (Å²) in [6, 6.07) is 24.6. The van der Waals surface area contributed by atoms with Crippen molar-refractivity contribution in [3.8, 4) is 11.5 Å². The fourth-order valence-electron chi connectivity index (χ4n) is 3.58. The molecule has 4 rings (SSSR count). The molecule has 0 aromatic heterocycles. The van der Waals surface area contributed by atoms with Crippen LogP contribution in [0.15, 0.2) is 83.3 Å². The highest BCUT2D eigenvalue weighted by atomic mass is 16.5. The maximum atomic E-state index is 5.40. The minimum atomic E-state index is 0.836. The van der Waals surface area contributed by atoms with Crippen molar-refractivity contribution in [3.05, 3.63) is 111 Å². The maximum absolute atomic E-state index is 5.40. The van der Waals surface area contributed by atoms with Gasteiger partial charge in [0.25, 0.3) is 7.11 Å². The molecule has 0 unspecified atom stereocenters. The third-order valence-corrected chi connectivity index (χ3v) is 5.13. The fourth-order valence-corrected chi connectivity index (χ4v) is 3.58. The Morgan fingerprint density at radius 1 is 0.655 bits per heavy atom. The van der Waals surface area contributed by atoms with Gasteiger partial charge in [-0.3, -0.25) is 4.42 Å². The average molecular weight is 383 g/mol. The molecule has 0 heterocycles. The first-order valence-electron chi connectivity index (χ1n) is 9.46. The zero-order valence-electron chi connectivity index (χ0n) is 16.8. The normalized spacial score (nSPS) is 12.7. The molecule has 3 aromatic carbocycles. The lowest BCUT2D eigenvalue weighted by atomic mass is 9.90. The summed E-state index contributed by atoms with van der Waals surface area (Å²) in [5.74, 6) is 1.68. The highest BCUT2D eigenvalue weighted by Gasteiger charge is 2.18. The minimum Gasteiger partial charge on any atom is -0.497 e. The fraction of sp³-hybridized carbons (Fsp3) is 0.115. The smallest absolute Gasteiger partial charge is 0.343 e. The summed E-state index contributed by atoms with van der Waals surface area (Å²) in [6.07, 6.45) is 4.33. The Bertz CT molecular complexity index is 1100. The van der Waals surface area contributed by atoms with Gasteiger partial charge in [-0.1, -0.05) is 36.4 Å². The largest absolute Gasteiger partial charge is 0.497 e. The van der Waals surface area contributed by atoms with Crippen LogP contribution in [-0.4, -0.2) is 21.3 Å². The van der Waals surface area contributed by atoms with Crippen LogP contribution >= 0.6 is 0 Å². The zero-order valence-corrected chi connectivity index (χ0v) is 16.8. The van der Waals surface area contributed by atoms with E-state index in [1.54, 1.807) is 21.3 Å². The minimum absolute atomic E-state index is 0.836. The number of allylic oxidation sites excluding steroid dienone is 2. The molecule has 29 heavy (non-hydrogen) atoms. The Hall–Kier alpha value is -3.59. The Morgan fingerprint density at radius 3 is 1.72 bits per heavy atom. The van der Waals surface area contributed by atoms with Gasteiger partial charge in [0, 0.05) is 12.1 Å². The quantitative estimate of drug-likeness (QED) is 0.579. The van der Waals surface area contributed by atoms with Crippen molar-refractivity contribution in [1.29, 1.82) is 0 Å². The summed E-state index contributed by atoms with van der Waals surface area (Å²) in [5, 5.41) is 0. The van der Waals surface area contributed by atoms with Crippen molar-refractivity contribution in [3.63, 3.8) is 0 Å². The molecule has 1 aliphatic rings. The van der Waals surface area contributed by atoms with E-state index in [1.807, 2.05) is 36.4 Å². The van der Waals surface area contributed by atoms with Gasteiger partial charge in [0.1, 0.15) is 11.5 Å². The summed E-state index contributed by atoms with van der Waals surface area (Å²) in [4.78, 5) is 0. The molecule has 0 bridgehead atoms. The molecule has 0 atom stereocenters. The molecule has 1 aliphatic carbocycles. The van der Waals surface area contributed by atoms with Crippen LogP contribution in [0.4, 0.5) is 0 Å². The molecule has 144 valence electrons. The number of fused-ring (bicyclic) bond motifs is 1. The third-order valence-electron chi connectivity index (χ3n) is 5.13. The highest BCUT2D eigenvalue weighted by Crippen LogP contribution is 2.38. The van der Waals surface area contributed by atoms with Crippen LogP contribution in [0.25, 0.3) is 17.2 Å². The van der Waals surface area contributed by atoms with E-state index in [0.717, 1.165) is 33.6 Å². The highest BCUT2D eigenvalue weighted by molar-refractivity contribution is 6.07. The summed E-state index contributed by atoms with van der Waals surface area (Å²) in [7, 11) is 5.05. The number of rotatable bonds is 4. The van der Waals surface area contributed by atoms with Gasteiger partial charge in [0.05, 0.1) is 14.2 Å². The van der Waals surface area contributed by atoms with Gasteiger partial charge in [-0.25, -0.2) is 0 Å². The molecule has 3 heteroatoms. The van der Waals surface area contributed by atoms with E-state index in [-0.39, 0.29) is 0 Å². The van der Waals surface area contributed by atoms with Crippen LogP contribution in [0.5, 0.6) is 11.5 Å². The van der Waals surface area contributed by atoms with Crippen LogP contribution in [0, 0.1) is 0 Å². The van der Waals surface area contributed by atoms with Crippen LogP contribution < -0.4 is 14.9 Å². The van der Waals surface area contributed by atoms with E-state index in [9.17, 15) is 0 Å². The second-order valence-electron chi connectivity index (χ2n) is 6.72. The van der Waals surface area contributed by atoms with Gasteiger partial charge in [-0.2, -0.15) is 0 Å². The lowest BCUT2D eigenvalue weighted by Gasteiger charge is -2.14. The first-order valence-corrected chi connectivity index (χ1v) is 9.46. The van der Waals surface area contributed by atoms with Gasteiger partial charge < -0.3 is 9.47 Å². The van der Waals surface area contributed by atoms with Crippen molar-refractivity contribution >= 4 is 17.2 Å². The third kappa shape index (κ3) is 3.72. The maximum Gasteiger partial charge on any atom is 0.343 e. The summed E-state index contributed by atoms with van der Waals surface area (Å²) >= 11 is 0. The van der Waals surface area contributed by atoms with Crippen LogP contribution in [0.1, 0.15) is 22.3 Å². The van der Waals surface area contributed by atoms with Gasteiger partial charge in [-0.05, 0) is 69.8 Å². The molecule has 0 saturated carbocycles. The van der Waals surface area contributed by atoms with Crippen molar-refractivity contribution in [2.45, 2.75) is 0 Å². The predicted octanol–water partition coefficient (Wildman–Crippen LogP) is 5.22. The topological polar surface area (TPSA) is 29.8 Å². The lowest BCUT2D eigenvalue weighted by molar-refractivity contribution is 0.414. The number of benzene rings is 2. The molecule has 0 amide bonds. The van der Waals surface area contributed by atoms with Crippen molar-refractivity contribution in [2.24, 2.45) is 0 Å². The number of hydrogen-bond donors (Lipinski definition) is 0. The lowest BCUT2D eigenvalue weighted by Crippen LogP contribution is -1.94. The van der Waals surface area contributed by atoms with E-state index in [1.165, 1.54) is 16.7 Å². The molecule has 0 saturated heterocycles. The zero-order chi connectivity index (χ0) is 20.2. The van der Waals surface area contributed by atoms with E-state index >= 15 is 0 Å². The predicted molar refractivity (Wildman–Crippen MR) is 120 cm³/mol. The molecule has 3 nitrogen and oxygen atoms in total. The van der Waals surface area contributed by atoms with Gasteiger partial charge in [0.15, 0.2) is 0 Å².